The molecule has 9 heteroatoms. The topological polar surface area (TPSA) is 61.4 Å². The van der Waals surface area contributed by atoms with Crippen LogP contribution < -0.4 is 10.6 Å². The third-order valence-corrected chi connectivity index (χ3v) is 6.15. The summed E-state index contributed by atoms with van der Waals surface area (Å²) in [7, 11) is 0. The van der Waals surface area contributed by atoms with E-state index < -0.39 is 18.3 Å². The highest BCUT2D eigenvalue weighted by Gasteiger charge is 2.55. The molecule has 0 heterocycles. The zero-order valence-electron chi connectivity index (χ0n) is 16.1. The van der Waals surface area contributed by atoms with Gasteiger partial charge in [0.15, 0.2) is 0 Å². The zero-order chi connectivity index (χ0) is 22.1. The number of anilines is 1. The first-order valence-electron chi connectivity index (χ1n) is 9.45. The second-order valence-corrected chi connectivity index (χ2v) is 9.13. The molecule has 1 amide bonds. The van der Waals surface area contributed by atoms with Crippen LogP contribution in [0.25, 0.3) is 0 Å². The molecule has 0 saturated heterocycles. The number of nitrogens with one attached hydrogen (secondary N) is 2. The molecule has 2 aromatic rings. The van der Waals surface area contributed by atoms with E-state index in [0.717, 1.165) is 24.0 Å². The Bertz CT molecular complexity index is 932. The summed E-state index contributed by atoms with van der Waals surface area (Å²) in [6.45, 7) is 1.04. The summed E-state index contributed by atoms with van der Waals surface area (Å²) in [6, 6.07) is 9.29. The highest BCUT2D eigenvalue weighted by molar-refractivity contribution is 9.11. The van der Waals surface area contributed by atoms with Crippen molar-refractivity contribution in [1.29, 1.82) is 0 Å². The van der Waals surface area contributed by atoms with Gasteiger partial charge in [-0.1, -0.05) is 44.8 Å². The third-order valence-electron chi connectivity index (χ3n) is 5.23. The van der Waals surface area contributed by atoms with E-state index in [2.05, 4.69) is 42.5 Å². The van der Waals surface area contributed by atoms with Gasteiger partial charge < -0.3 is 15.7 Å². The second kappa shape index (κ2) is 8.88. The Morgan fingerprint density at radius 2 is 1.83 bits per heavy atom. The van der Waals surface area contributed by atoms with Gasteiger partial charge in [0.05, 0.1) is 12.6 Å². The van der Waals surface area contributed by atoms with E-state index in [-0.39, 0.29) is 17.5 Å². The van der Waals surface area contributed by atoms with Crippen molar-refractivity contribution in [3.63, 3.8) is 0 Å². The summed E-state index contributed by atoms with van der Waals surface area (Å²) >= 11 is 6.34. The number of amides is 1. The van der Waals surface area contributed by atoms with Gasteiger partial charge in [0.25, 0.3) is 0 Å². The van der Waals surface area contributed by atoms with Crippen molar-refractivity contribution in [2.75, 3.05) is 11.9 Å². The van der Waals surface area contributed by atoms with Gasteiger partial charge in [-0.3, -0.25) is 4.79 Å². The number of hydrogen-bond donors (Lipinski definition) is 3. The van der Waals surface area contributed by atoms with Gasteiger partial charge in [-0.15, -0.1) is 0 Å². The van der Waals surface area contributed by atoms with Crippen molar-refractivity contribution in [2.24, 2.45) is 0 Å². The average molecular weight is 550 g/mol. The molecule has 30 heavy (non-hydrogen) atoms. The highest BCUT2D eigenvalue weighted by atomic mass is 79.9. The fourth-order valence-electron chi connectivity index (χ4n) is 3.56. The van der Waals surface area contributed by atoms with Gasteiger partial charge in [0.1, 0.15) is 0 Å². The standard InChI is InChI=1S/C21H21Br2F3N2O2/c1-2-19(29)28-18-6-3-12-7-16(4-5-17(12)18)27-11-20(30,21(24,25)26)13-8-14(22)10-15(23)9-13/h4-5,7-10,18,27,30H,2-3,6,11H2,1H3,(H,28,29)/t18-,20-/m0/s1. The minimum Gasteiger partial charge on any atom is -0.381 e. The number of aliphatic hydroxyl groups is 1. The van der Waals surface area contributed by atoms with E-state index >= 15 is 0 Å². The molecule has 162 valence electrons. The van der Waals surface area contributed by atoms with Gasteiger partial charge in [0, 0.05) is 21.1 Å². The number of carbonyl (C=O) groups excluding carboxylic acids is 1. The predicted molar refractivity (Wildman–Crippen MR) is 116 cm³/mol. The average Bonchev–Trinajstić information content (AvgIpc) is 3.06. The van der Waals surface area contributed by atoms with Crippen molar-refractivity contribution < 1.29 is 23.1 Å². The van der Waals surface area contributed by atoms with Crippen molar-refractivity contribution in [1.82, 2.24) is 5.32 Å². The van der Waals surface area contributed by atoms with Gasteiger partial charge in [-0.05, 0) is 59.9 Å². The first-order valence-corrected chi connectivity index (χ1v) is 11.0. The molecular formula is C21H21Br2F3N2O2. The maximum Gasteiger partial charge on any atom is 0.423 e. The summed E-state index contributed by atoms with van der Waals surface area (Å²) in [5, 5.41) is 16.3. The minimum absolute atomic E-state index is 0.0366. The van der Waals surface area contributed by atoms with Crippen LogP contribution in [0.4, 0.5) is 18.9 Å². The van der Waals surface area contributed by atoms with Gasteiger partial charge in [-0.2, -0.15) is 13.2 Å². The van der Waals surface area contributed by atoms with Crippen molar-refractivity contribution in [3.05, 3.63) is 62.0 Å². The van der Waals surface area contributed by atoms with Crippen LogP contribution in [0, 0.1) is 0 Å². The number of carbonyl (C=O) groups is 1. The summed E-state index contributed by atoms with van der Waals surface area (Å²) < 4.78 is 42.3. The lowest BCUT2D eigenvalue weighted by molar-refractivity contribution is -0.260. The minimum atomic E-state index is -4.88. The number of fused-ring (bicyclic) bond motifs is 1. The molecule has 0 spiro atoms. The first kappa shape index (κ1) is 23.1. The second-order valence-electron chi connectivity index (χ2n) is 7.30. The molecular weight excluding hydrogens is 529 g/mol. The maximum absolute atomic E-state index is 13.8. The third kappa shape index (κ3) is 4.84. The Kier molecular flexibility index (Phi) is 6.84. The molecule has 4 nitrogen and oxygen atoms in total. The van der Waals surface area contributed by atoms with Gasteiger partial charge in [-0.25, -0.2) is 0 Å². The lowest BCUT2D eigenvalue weighted by atomic mass is 9.92. The molecule has 2 aromatic carbocycles. The highest BCUT2D eigenvalue weighted by Crippen LogP contribution is 2.41. The van der Waals surface area contributed by atoms with E-state index in [1.165, 1.54) is 12.1 Å². The lowest BCUT2D eigenvalue weighted by Crippen LogP contribution is -2.47. The van der Waals surface area contributed by atoms with Crippen LogP contribution in [-0.4, -0.2) is 23.7 Å². The molecule has 0 radical (unpaired) electrons. The predicted octanol–water partition coefficient (Wildman–Crippen LogP) is 5.59. The van der Waals surface area contributed by atoms with Gasteiger partial charge in [0.2, 0.25) is 11.5 Å². The largest absolute Gasteiger partial charge is 0.423 e. The van der Waals surface area contributed by atoms with E-state index in [4.69, 9.17) is 0 Å². The maximum atomic E-state index is 13.8. The van der Waals surface area contributed by atoms with Crippen LogP contribution in [0.15, 0.2) is 45.3 Å². The Hall–Kier alpha value is -1.58. The molecule has 1 aliphatic carbocycles. The van der Waals surface area contributed by atoms with Crippen LogP contribution in [0.5, 0.6) is 0 Å². The quantitative estimate of drug-likeness (QED) is 0.440. The summed E-state index contributed by atoms with van der Waals surface area (Å²) in [5.74, 6) is -0.0366. The van der Waals surface area contributed by atoms with Gasteiger partial charge >= 0.3 is 6.18 Å². The number of alkyl halides is 3. The fraction of sp³-hybridized carbons (Fsp3) is 0.381. The van der Waals surface area contributed by atoms with Crippen molar-refractivity contribution >= 4 is 43.5 Å². The van der Waals surface area contributed by atoms with Crippen molar-refractivity contribution in [3.8, 4) is 0 Å². The van der Waals surface area contributed by atoms with E-state index in [1.54, 1.807) is 25.1 Å². The van der Waals surface area contributed by atoms with Crippen molar-refractivity contribution in [2.45, 2.75) is 44.0 Å². The fourth-order valence-corrected chi connectivity index (χ4v) is 4.86. The molecule has 2 atom stereocenters. The zero-order valence-corrected chi connectivity index (χ0v) is 19.3. The molecule has 0 aromatic heterocycles. The normalized spacial score (nSPS) is 17.9. The number of aryl methyl sites for hydroxylation is 1. The summed E-state index contributed by atoms with van der Waals surface area (Å²) in [5.41, 5.74) is -0.914. The number of halogens is 5. The molecule has 0 fully saturated rings. The van der Waals surface area contributed by atoms with Crippen LogP contribution in [0.2, 0.25) is 0 Å². The van der Waals surface area contributed by atoms with E-state index in [1.807, 2.05) is 6.07 Å². The molecule has 1 aliphatic rings. The molecule has 0 saturated carbocycles. The van der Waals surface area contributed by atoms with E-state index in [9.17, 15) is 23.1 Å². The summed E-state index contributed by atoms with van der Waals surface area (Å²) in [4.78, 5) is 11.7. The Balaban J connectivity index is 1.81. The molecule has 3 rings (SSSR count). The number of rotatable bonds is 6. The molecule has 3 N–H and O–H groups in total. The Labute approximate surface area is 189 Å². The lowest BCUT2D eigenvalue weighted by Gasteiger charge is -2.32. The van der Waals surface area contributed by atoms with Crippen LogP contribution in [0.1, 0.15) is 42.5 Å². The van der Waals surface area contributed by atoms with Crippen LogP contribution in [-0.2, 0) is 16.8 Å². The van der Waals surface area contributed by atoms with E-state index in [0.29, 0.717) is 21.1 Å². The molecule has 0 aliphatic heterocycles. The number of hydrogen-bond acceptors (Lipinski definition) is 3. The number of benzene rings is 2. The molecule has 0 unspecified atom stereocenters. The Morgan fingerprint density at radius 3 is 2.43 bits per heavy atom. The smallest absolute Gasteiger partial charge is 0.381 e. The SMILES string of the molecule is CCC(=O)N[C@H]1CCc2cc(NC[C@](O)(c3cc(Br)cc(Br)c3)C(F)(F)F)ccc21. The summed E-state index contributed by atoms with van der Waals surface area (Å²) in [6.07, 6.45) is -3.01. The van der Waals surface area contributed by atoms with Crippen LogP contribution in [0.3, 0.4) is 0 Å². The molecule has 0 bridgehead atoms. The van der Waals surface area contributed by atoms with Crippen LogP contribution >= 0.6 is 31.9 Å². The Morgan fingerprint density at radius 1 is 1.17 bits per heavy atom. The first-order chi connectivity index (χ1) is 14.0. The monoisotopic (exact) mass is 548 g/mol.